The van der Waals surface area contributed by atoms with Gasteiger partial charge in [0.25, 0.3) is 0 Å². The van der Waals surface area contributed by atoms with Gasteiger partial charge in [0.2, 0.25) is 0 Å². The average Bonchev–Trinajstić information content (AvgIpc) is 3.04. The fourth-order valence-corrected chi connectivity index (χ4v) is 4.96. The number of phenols is 1. The molecule has 150 valence electrons. The first-order chi connectivity index (χ1) is 13.7. The molecule has 1 N–H and O–H groups in total. The van der Waals surface area contributed by atoms with E-state index in [4.69, 9.17) is 9.47 Å². The third-order valence-corrected chi connectivity index (χ3v) is 6.36. The summed E-state index contributed by atoms with van der Waals surface area (Å²) in [6.07, 6.45) is 11.4. The normalized spacial score (nSPS) is 21.7. The molecular weight excluding hydrogens is 352 g/mol. The molecule has 1 saturated heterocycles. The van der Waals surface area contributed by atoms with E-state index < -0.39 is 0 Å². The van der Waals surface area contributed by atoms with Crippen molar-refractivity contribution in [2.75, 3.05) is 20.3 Å². The van der Waals surface area contributed by atoms with Crippen molar-refractivity contribution in [3.05, 3.63) is 48.3 Å². The Hall–Kier alpha value is -2.27. The fraction of sp³-hybridized carbons (Fsp3) is 0.522. The van der Waals surface area contributed by atoms with Crippen molar-refractivity contribution < 1.29 is 14.6 Å². The highest BCUT2D eigenvalue weighted by Gasteiger charge is 2.44. The number of hydrogen-bond acceptors (Lipinski definition) is 5. The van der Waals surface area contributed by atoms with Gasteiger partial charge in [-0.05, 0) is 54.5 Å². The van der Waals surface area contributed by atoms with Gasteiger partial charge in [-0.3, -0.25) is 9.88 Å². The third kappa shape index (κ3) is 4.25. The number of methoxy groups -OCH3 is 1. The SMILES string of the molecule is COc1ccc(CN2CC3(CCCCC3)CC2COc2ccncc2)cc1O. The minimum atomic E-state index is 0.205. The molecule has 1 aliphatic heterocycles. The largest absolute Gasteiger partial charge is 0.504 e. The Labute approximate surface area is 167 Å². The van der Waals surface area contributed by atoms with Gasteiger partial charge in [-0.15, -0.1) is 0 Å². The Morgan fingerprint density at radius 3 is 2.64 bits per heavy atom. The Morgan fingerprint density at radius 2 is 1.93 bits per heavy atom. The maximum atomic E-state index is 10.2. The highest BCUT2D eigenvalue weighted by molar-refractivity contribution is 5.41. The van der Waals surface area contributed by atoms with Crippen molar-refractivity contribution in [1.82, 2.24) is 9.88 Å². The predicted molar refractivity (Wildman–Crippen MR) is 109 cm³/mol. The summed E-state index contributed by atoms with van der Waals surface area (Å²) < 4.78 is 11.3. The van der Waals surface area contributed by atoms with Gasteiger partial charge in [0.05, 0.1) is 7.11 Å². The molecule has 2 heterocycles. The third-order valence-electron chi connectivity index (χ3n) is 6.36. The maximum Gasteiger partial charge on any atom is 0.160 e. The van der Waals surface area contributed by atoms with Crippen LogP contribution in [0.3, 0.4) is 0 Å². The van der Waals surface area contributed by atoms with Gasteiger partial charge >= 0.3 is 0 Å². The number of rotatable bonds is 6. The lowest BCUT2D eigenvalue weighted by molar-refractivity contribution is 0.159. The lowest BCUT2D eigenvalue weighted by Crippen LogP contribution is -2.34. The first-order valence-electron chi connectivity index (χ1n) is 10.3. The van der Waals surface area contributed by atoms with Crippen molar-refractivity contribution in [3.8, 4) is 17.2 Å². The van der Waals surface area contributed by atoms with Gasteiger partial charge in [-0.2, -0.15) is 0 Å². The zero-order chi connectivity index (χ0) is 19.4. The first-order valence-corrected chi connectivity index (χ1v) is 10.3. The number of aromatic hydroxyl groups is 1. The van der Waals surface area contributed by atoms with Gasteiger partial charge in [0, 0.05) is 31.5 Å². The quantitative estimate of drug-likeness (QED) is 0.802. The van der Waals surface area contributed by atoms with Crippen LogP contribution in [0.5, 0.6) is 17.2 Å². The highest BCUT2D eigenvalue weighted by Crippen LogP contribution is 2.46. The summed E-state index contributed by atoms with van der Waals surface area (Å²) in [5.41, 5.74) is 1.54. The van der Waals surface area contributed by atoms with E-state index >= 15 is 0 Å². The summed E-state index contributed by atoms with van der Waals surface area (Å²) in [6.45, 7) is 2.63. The van der Waals surface area contributed by atoms with Crippen LogP contribution in [0.15, 0.2) is 42.7 Å². The van der Waals surface area contributed by atoms with E-state index in [1.54, 1.807) is 19.5 Å². The first kappa shape index (κ1) is 19.1. The maximum absolute atomic E-state index is 10.2. The molecule has 2 aromatic rings. The van der Waals surface area contributed by atoms with Crippen LogP contribution < -0.4 is 9.47 Å². The number of aromatic nitrogens is 1. The smallest absolute Gasteiger partial charge is 0.160 e. The van der Waals surface area contributed by atoms with Crippen molar-refractivity contribution in [1.29, 1.82) is 0 Å². The van der Waals surface area contributed by atoms with E-state index in [2.05, 4.69) is 9.88 Å². The second-order valence-corrected chi connectivity index (χ2v) is 8.32. The molecule has 2 aliphatic rings. The monoisotopic (exact) mass is 382 g/mol. The minimum Gasteiger partial charge on any atom is -0.504 e. The van der Waals surface area contributed by atoms with Crippen LogP contribution in [0, 0.1) is 5.41 Å². The lowest BCUT2D eigenvalue weighted by atomic mass is 9.73. The summed E-state index contributed by atoms with van der Waals surface area (Å²) in [5.74, 6) is 1.60. The van der Waals surface area contributed by atoms with E-state index in [1.807, 2.05) is 30.3 Å². The zero-order valence-electron chi connectivity index (χ0n) is 16.6. The van der Waals surface area contributed by atoms with Crippen LogP contribution in [0.1, 0.15) is 44.1 Å². The molecule has 1 aromatic carbocycles. The summed E-state index contributed by atoms with van der Waals surface area (Å²) in [7, 11) is 1.58. The standard InChI is InChI=1S/C23H30N2O3/c1-27-22-6-5-18(13-21(22)26)15-25-17-23(9-3-2-4-10-23)14-19(25)16-28-20-7-11-24-12-8-20/h5-8,11-13,19,26H,2-4,9-10,14-17H2,1H3. The molecular formula is C23H30N2O3. The molecule has 2 fully saturated rings. The van der Waals surface area contributed by atoms with Crippen LogP contribution in [0.2, 0.25) is 0 Å². The second-order valence-electron chi connectivity index (χ2n) is 8.32. The Balaban J connectivity index is 1.48. The number of phenolic OH excluding ortho intramolecular Hbond substituents is 1. The van der Waals surface area contributed by atoms with Crippen LogP contribution in [-0.2, 0) is 6.54 Å². The molecule has 1 aromatic heterocycles. The molecule has 4 rings (SSSR count). The Kier molecular flexibility index (Phi) is 5.72. The van der Waals surface area contributed by atoms with E-state index in [-0.39, 0.29) is 5.75 Å². The van der Waals surface area contributed by atoms with Gasteiger partial charge in [0.1, 0.15) is 12.4 Å². The number of likely N-dealkylation sites (tertiary alicyclic amines) is 1. The Bertz CT molecular complexity index is 775. The van der Waals surface area contributed by atoms with E-state index in [9.17, 15) is 5.11 Å². The van der Waals surface area contributed by atoms with Crippen molar-refractivity contribution in [3.63, 3.8) is 0 Å². The molecule has 5 heteroatoms. The van der Waals surface area contributed by atoms with E-state index in [0.29, 0.717) is 23.8 Å². The fourth-order valence-electron chi connectivity index (χ4n) is 4.96. The summed E-state index contributed by atoms with van der Waals surface area (Å²) >= 11 is 0. The average molecular weight is 383 g/mol. The molecule has 1 spiro atoms. The summed E-state index contributed by atoms with van der Waals surface area (Å²) in [5, 5.41) is 10.2. The lowest BCUT2D eigenvalue weighted by Gasteiger charge is -2.33. The molecule has 1 atom stereocenters. The molecule has 0 radical (unpaired) electrons. The second kappa shape index (κ2) is 8.39. The van der Waals surface area contributed by atoms with E-state index in [0.717, 1.165) is 24.4 Å². The summed E-state index contributed by atoms with van der Waals surface area (Å²) in [4.78, 5) is 6.61. The van der Waals surface area contributed by atoms with Gasteiger partial charge in [0.15, 0.2) is 11.5 Å². The number of ether oxygens (including phenoxy) is 2. The van der Waals surface area contributed by atoms with Crippen LogP contribution in [0.25, 0.3) is 0 Å². The molecule has 1 unspecified atom stereocenters. The number of benzene rings is 1. The number of hydrogen-bond donors (Lipinski definition) is 1. The topological polar surface area (TPSA) is 54.8 Å². The zero-order valence-corrected chi connectivity index (χ0v) is 16.6. The molecule has 5 nitrogen and oxygen atoms in total. The van der Waals surface area contributed by atoms with Crippen molar-refractivity contribution in [2.45, 2.75) is 51.1 Å². The van der Waals surface area contributed by atoms with Crippen LogP contribution >= 0.6 is 0 Å². The van der Waals surface area contributed by atoms with Gasteiger partial charge in [-0.25, -0.2) is 0 Å². The molecule has 0 bridgehead atoms. The minimum absolute atomic E-state index is 0.205. The Morgan fingerprint density at radius 1 is 1.14 bits per heavy atom. The molecule has 0 amide bonds. The summed E-state index contributed by atoms with van der Waals surface area (Å²) in [6, 6.07) is 9.93. The molecule has 1 aliphatic carbocycles. The van der Waals surface area contributed by atoms with E-state index in [1.165, 1.54) is 38.5 Å². The van der Waals surface area contributed by atoms with Crippen molar-refractivity contribution in [2.24, 2.45) is 5.41 Å². The number of nitrogens with zero attached hydrogens (tertiary/aromatic N) is 2. The van der Waals surface area contributed by atoms with Crippen LogP contribution in [0.4, 0.5) is 0 Å². The van der Waals surface area contributed by atoms with Crippen LogP contribution in [-0.4, -0.2) is 41.3 Å². The van der Waals surface area contributed by atoms with Gasteiger partial charge in [-0.1, -0.05) is 25.3 Å². The molecule has 28 heavy (non-hydrogen) atoms. The predicted octanol–water partition coefficient (Wildman–Crippen LogP) is 4.40. The highest BCUT2D eigenvalue weighted by atomic mass is 16.5. The van der Waals surface area contributed by atoms with Gasteiger partial charge < -0.3 is 14.6 Å². The number of pyridine rings is 1. The molecule has 1 saturated carbocycles. The van der Waals surface area contributed by atoms with Crippen molar-refractivity contribution >= 4 is 0 Å².